The Kier molecular flexibility index (Phi) is 5.25. The van der Waals surface area contributed by atoms with E-state index in [-0.39, 0.29) is 12.5 Å². The van der Waals surface area contributed by atoms with E-state index >= 15 is 0 Å². The summed E-state index contributed by atoms with van der Waals surface area (Å²) in [5.74, 6) is 1.58. The summed E-state index contributed by atoms with van der Waals surface area (Å²) in [4.78, 5) is 12.8. The van der Waals surface area contributed by atoms with Crippen molar-refractivity contribution >= 4 is 17.8 Å². The predicted octanol–water partition coefficient (Wildman–Crippen LogP) is 3.64. The number of hydrogen-bond acceptors (Lipinski definition) is 6. The number of benzene rings is 1. The van der Waals surface area contributed by atoms with Crippen molar-refractivity contribution in [3.8, 4) is 22.9 Å². The van der Waals surface area contributed by atoms with Gasteiger partial charge in [-0.1, -0.05) is 17.7 Å². The smallest absolute Gasteiger partial charge is 0.162 e. The highest BCUT2D eigenvalue weighted by Crippen LogP contribution is 2.39. The molecule has 2 heterocycles. The first kappa shape index (κ1) is 18.4. The third-order valence-electron chi connectivity index (χ3n) is 3.76. The van der Waals surface area contributed by atoms with Gasteiger partial charge < -0.3 is 14.6 Å². The lowest BCUT2D eigenvalue weighted by Gasteiger charge is -2.21. The Morgan fingerprint density at radius 1 is 1.19 bits per heavy atom. The van der Waals surface area contributed by atoms with Crippen molar-refractivity contribution in [2.45, 2.75) is 25.4 Å². The Labute approximate surface area is 157 Å². The van der Waals surface area contributed by atoms with Gasteiger partial charge in [0.15, 0.2) is 17.3 Å². The van der Waals surface area contributed by atoms with Gasteiger partial charge >= 0.3 is 0 Å². The number of methoxy groups -OCH3 is 1. The summed E-state index contributed by atoms with van der Waals surface area (Å²) in [5, 5.41) is 10.4. The van der Waals surface area contributed by atoms with E-state index in [9.17, 15) is 5.11 Å². The van der Waals surface area contributed by atoms with Crippen molar-refractivity contribution in [1.29, 1.82) is 0 Å². The molecule has 1 aliphatic heterocycles. The summed E-state index contributed by atoms with van der Waals surface area (Å²) in [5.41, 5.74) is 0.759. The Balaban J connectivity index is 2.09. The second kappa shape index (κ2) is 7.43. The fraction of sp³-hybridized carbons (Fsp3) is 0.316. The number of aromatic nitrogens is 2. The summed E-state index contributed by atoms with van der Waals surface area (Å²) in [6.45, 7) is 3.47. The van der Waals surface area contributed by atoms with Crippen LogP contribution in [-0.4, -0.2) is 40.6 Å². The zero-order valence-corrected chi connectivity index (χ0v) is 15.6. The van der Waals surface area contributed by atoms with Crippen LogP contribution in [0.1, 0.15) is 25.3 Å². The van der Waals surface area contributed by atoms with Gasteiger partial charge in [-0.3, -0.25) is 4.99 Å². The van der Waals surface area contributed by atoms with Crippen molar-refractivity contribution in [2.75, 3.05) is 13.7 Å². The summed E-state index contributed by atoms with van der Waals surface area (Å²) < 4.78 is 11.3. The first-order valence-corrected chi connectivity index (χ1v) is 8.50. The van der Waals surface area contributed by atoms with Gasteiger partial charge in [0.25, 0.3) is 0 Å². The van der Waals surface area contributed by atoms with Gasteiger partial charge in [0.1, 0.15) is 6.61 Å². The molecule has 1 aromatic carbocycles. The molecule has 1 aromatic heterocycles. The van der Waals surface area contributed by atoms with Crippen LogP contribution >= 0.6 is 11.6 Å². The minimum Gasteiger partial charge on any atom is -0.493 e. The number of allylic oxidation sites excluding steroid dienone is 1. The van der Waals surface area contributed by atoms with Gasteiger partial charge in [0.05, 0.1) is 17.7 Å². The Hall–Kier alpha value is -2.44. The summed E-state index contributed by atoms with van der Waals surface area (Å²) in [6.07, 6.45) is 8.67. The van der Waals surface area contributed by atoms with Crippen LogP contribution in [0.15, 0.2) is 41.8 Å². The van der Waals surface area contributed by atoms with Gasteiger partial charge in [-0.2, -0.15) is 0 Å². The number of aliphatic imine (C=N–C) groups is 1. The molecule has 0 saturated heterocycles. The topological polar surface area (TPSA) is 76.8 Å². The van der Waals surface area contributed by atoms with Crippen LogP contribution in [0.4, 0.5) is 0 Å². The van der Waals surface area contributed by atoms with Gasteiger partial charge in [0.2, 0.25) is 0 Å². The highest BCUT2D eigenvalue weighted by atomic mass is 35.5. The lowest BCUT2D eigenvalue weighted by molar-refractivity contribution is 0.0276. The maximum atomic E-state index is 9.95. The van der Waals surface area contributed by atoms with Gasteiger partial charge in [0, 0.05) is 36.3 Å². The molecule has 2 aromatic rings. The van der Waals surface area contributed by atoms with E-state index in [0.29, 0.717) is 22.3 Å². The largest absolute Gasteiger partial charge is 0.493 e. The van der Waals surface area contributed by atoms with Crippen LogP contribution in [0.2, 0.25) is 5.02 Å². The van der Waals surface area contributed by atoms with Gasteiger partial charge in [-0.25, -0.2) is 9.97 Å². The van der Waals surface area contributed by atoms with Crippen LogP contribution in [0, 0.1) is 0 Å². The molecule has 1 unspecified atom stereocenters. The molecule has 26 heavy (non-hydrogen) atoms. The summed E-state index contributed by atoms with van der Waals surface area (Å²) in [7, 11) is 1.58. The van der Waals surface area contributed by atoms with Crippen molar-refractivity contribution in [3.63, 3.8) is 0 Å². The van der Waals surface area contributed by atoms with Crippen LogP contribution in [-0.2, 0) is 0 Å². The van der Waals surface area contributed by atoms with E-state index in [1.807, 2.05) is 24.4 Å². The van der Waals surface area contributed by atoms with E-state index in [1.54, 1.807) is 39.6 Å². The maximum Gasteiger partial charge on any atom is 0.162 e. The monoisotopic (exact) mass is 373 g/mol. The lowest BCUT2D eigenvalue weighted by Crippen LogP contribution is -2.28. The second-order valence-electron chi connectivity index (χ2n) is 6.58. The van der Waals surface area contributed by atoms with Crippen LogP contribution < -0.4 is 9.47 Å². The molecule has 1 atom stereocenters. The Morgan fingerprint density at radius 3 is 2.50 bits per heavy atom. The molecular weight excluding hydrogens is 354 g/mol. The first-order chi connectivity index (χ1) is 12.4. The van der Waals surface area contributed by atoms with Crippen molar-refractivity contribution < 1.29 is 14.6 Å². The third-order valence-corrected chi connectivity index (χ3v) is 3.96. The standard InChI is InChI=1S/C19H20ClN3O3/c1-19(2,24)11-26-17-7-15(18-22-9-13(20)10-23-18)14(6-16(17)25-3)12-4-5-21-8-12/h4-10,12,24H,11H2,1-3H3. The molecule has 0 saturated carbocycles. The predicted molar refractivity (Wildman–Crippen MR) is 101 cm³/mol. The molecule has 0 amide bonds. The molecule has 0 radical (unpaired) electrons. The normalized spacial score (nSPS) is 16.1. The highest BCUT2D eigenvalue weighted by molar-refractivity contribution is 6.30. The van der Waals surface area contributed by atoms with E-state index in [1.165, 1.54) is 0 Å². The quantitative estimate of drug-likeness (QED) is 0.836. The molecule has 0 aliphatic carbocycles. The fourth-order valence-corrected chi connectivity index (χ4v) is 2.64. The number of ether oxygens (including phenoxy) is 2. The SMILES string of the molecule is COc1cc(C2C=CN=C2)c(-c2ncc(Cl)cn2)cc1OCC(C)(C)O. The zero-order valence-electron chi connectivity index (χ0n) is 14.8. The molecule has 6 nitrogen and oxygen atoms in total. The average Bonchev–Trinajstić information content (AvgIpc) is 3.14. The maximum absolute atomic E-state index is 9.95. The average molecular weight is 374 g/mol. The summed E-state index contributed by atoms with van der Waals surface area (Å²) in [6, 6.07) is 3.71. The third kappa shape index (κ3) is 4.20. The zero-order chi connectivity index (χ0) is 18.7. The highest BCUT2D eigenvalue weighted by Gasteiger charge is 2.22. The lowest BCUT2D eigenvalue weighted by atomic mass is 9.94. The molecule has 0 fully saturated rings. The second-order valence-corrected chi connectivity index (χ2v) is 7.02. The number of aliphatic hydroxyl groups is 1. The van der Waals surface area contributed by atoms with Gasteiger partial charge in [-0.05, 0) is 31.5 Å². The van der Waals surface area contributed by atoms with Crippen molar-refractivity contribution in [2.24, 2.45) is 4.99 Å². The van der Waals surface area contributed by atoms with Gasteiger partial charge in [-0.15, -0.1) is 0 Å². The Morgan fingerprint density at radius 2 is 1.92 bits per heavy atom. The van der Waals surface area contributed by atoms with E-state index in [4.69, 9.17) is 21.1 Å². The number of halogens is 1. The minimum atomic E-state index is -0.971. The van der Waals surface area contributed by atoms with Crippen molar-refractivity contribution in [1.82, 2.24) is 9.97 Å². The van der Waals surface area contributed by atoms with Crippen LogP contribution in [0.3, 0.4) is 0 Å². The first-order valence-electron chi connectivity index (χ1n) is 8.12. The van der Waals surface area contributed by atoms with Crippen LogP contribution in [0.25, 0.3) is 11.4 Å². The van der Waals surface area contributed by atoms with E-state index in [2.05, 4.69) is 15.0 Å². The fourth-order valence-electron chi connectivity index (χ4n) is 2.54. The van der Waals surface area contributed by atoms with E-state index < -0.39 is 5.60 Å². The van der Waals surface area contributed by atoms with Crippen LogP contribution in [0.5, 0.6) is 11.5 Å². The molecule has 0 spiro atoms. The Bertz CT molecular complexity index is 830. The molecule has 0 bridgehead atoms. The molecule has 1 aliphatic rings. The molecule has 3 rings (SSSR count). The van der Waals surface area contributed by atoms with E-state index in [0.717, 1.165) is 11.1 Å². The number of rotatable bonds is 6. The van der Waals surface area contributed by atoms with Crippen molar-refractivity contribution in [3.05, 3.63) is 47.4 Å². The number of nitrogens with zero attached hydrogens (tertiary/aromatic N) is 3. The molecule has 136 valence electrons. The summed E-state index contributed by atoms with van der Waals surface area (Å²) >= 11 is 5.92. The molecular formula is C19H20ClN3O3. The number of hydrogen-bond donors (Lipinski definition) is 1. The minimum absolute atomic E-state index is 0.0125. The molecule has 7 heteroatoms. The molecule has 1 N–H and O–H groups in total.